The summed E-state index contributed by atoms with van der Waals surface area (Å²) in [4.78, 5) is 5.71. The number of hydrogen-bond acceptors (Lipinski definition) is 5. The van der Waals surface area contributed by atoms with E-state index >= 15 is 0 Å². The molecule has 0 aromatic carbocycles. The Morgan fingerprint density at radius 2 is 2.10 bits per heavy atom. The number of nitrogens with two attached hydrogens (primary N) is 1. The molecule has 1 fully saturated rings. The number of aromatic nitrogens is 2. The van der Waals surface area contributed by atoms with Crippen molar-refractivity contribution in [1.82, 2.24) is 15.0 Å². The van der Waals surface area contributed by atoms with Crippen LogP contribution in [0.25, 0.3) is 0 Å². The molecule has 1 aliphatic heterocycles. The minimum atomic E-state index is -4.62. The molecule has 20 heavy (non-hydrogen) atoms. The zero-order valence-corrected chi connectivity index (χ0v) is 11.4. The van der Waals surface area contributed by atoms with Crippen LogP contribution >= 0.6 is 0 Å². The van der Waals surface area contributed by atoms with Crippen molar-refractivity contribution in [2.24, 2.45) is 5.73 Å². The third-order valence-corrected chi connectivity index (χ3v) is 3.63. The maximum atomic E-state index is 12.5. The van der Waals surface area contributed by atoms with Crippen molar-refractivity contribution in [3.05, 3.63) is 11.7 Å². The molecule has 1 aliphatic rings. The summed E-state index contributed by atoms with van der Waals surface area (Å²) < 4.78 is 41.8. The highest BCUT2D eigenvalue weighted by atomic mass is 19.4. The van der Waals surface area contributed by atoms with Crippen LogP contribution in [0.1, 0.15) is 44.3 Å². The summed E-state index contributed by atoms with van der Waals surface area (Å²) in [7, 11) is 0. The molecule has 1 unspecified atom stereocenters. The number of rotatable bonds is 3. The Morgan fingerprint density at radius 1 is 1.35 bits per heavy atom. The fraction of sp³-hybridized carbons (Fsp3) is 0.833. The minimum absolute atomic E-state index is 0.0387. The van der Waals surface area contributed by atoms with Crippen molar-refractivity contribution in [2.75, 3.05) is 19.6 Å². The van der Waals surface area contributed by atoms with Crippen molar-refractivity contribution < 1.29 is 17.7 Å². The van der Waals surface area contributed by atoms with Crippen molar-refractivity contribution in [1.29, 1.82) is 0 Å². The van der Waals surface area contributed by atoms with Crippen LogP contribution in [0.4, 0.5) is 13.2 Å². The monoisotopic (exact) mass is 292 g/mol. The van der Waals surface area contributed by atoms with Gasteiger partial charge in [-0.15, -0.1) is 0 Å². The molecule has 1 aromatic heterocycles. The molecule has 2 heterocycles. The predicted molar refractivity (Wildman–Crippen MR) is 65.7 cm³/mol. The molecule has 1 atom stereocenters. The van der Waals surface area contributed by atoms with Crippen LogP contribution in [-0.2, 0) is 11.7 Å². The van der Waals surface area contributed by atoms with Gasteiger partial charge in [-0.2, -0.15) is 18.2 Å². The molecule has 2 N–H and O–H groups in total. The average Bonchev–Trinajstić information content (AvgIpc) is 2.79. The molecule has 5 nitrogen and oxygen atoms in total. The maximum Gasteiger partial charge on any atom is 0.471 e. The van der Waals surface area contributed by atoms with E-state index in [9.17, 15) is 13.2 Å². The quantitative estimate of drug-likeness (QED) is 0.924. The Kier molecular flexibility index (Phi) is 4.33. The summed E-state index contributed by atoms with van der Waals surface area (Å²) >= 11 is 0. The van der Waals surface area contributed by atoms with Crippen molar-refractivity contribution >= 4 is 0 Å². The second-order valence-electron chi connectivity index (χ2n) is 5.27. The van der Waals surface area contributed by atoms with Gasteiger partial charge in [-0.05, 0) is 38.8 Å². The second-order valence-corrected chi connectivity index (χ2v) is 5.27. The smallest absolute Gasteiger partial charge is 0.329 e. The normalized spacial score (nSPS) is 25.6. The topological polar surface area (TPSA) is 68.2 Å². The molecule has 0 radical (unpaired) electrons. The van der Waals surface area contributed by atoms with Gasteiger partial charge in [0.25, 0.3) is 0 Å². The zero-order valence-electron chi connectivity index (χ0n) is 11.4. The van der Waals surface area contributed by atoms with Crippen LogP contribution in [0.5, 0.6) is 0 Å². The summed E-state index contributed by atoms with van der Waals surface area (Å²) in [5.41, 5.74) is 5.28. The standard InChI is InChI=1S/C12H19F3N4O/c1-2-6-19-7-3-4-11(16,5-8-19)9-17-10(20-18-9)12(13,14)15/h2-8,16H2,1H3. The molecule has 114 valence electrons. The Balaban J connectivity index is 2.12. The van der Waals surface area contributed by atoms with Gasteiger partial charge in [0.05, 0.1) is 5.54 Å². The second kappa shape index (κ2) is 5.69. The third kappa shape index (κ3) is 3.29. The molecule has 0 amide bonds. The van der Waals surface area contributed by atoms with Gasteiger partial charge in [0.15, 0.2) is 5.82 Å². The van der Waals surface area contributed by atoms with Crippen LogP contribution < -0.4 is 5.73 Å². The lowest BCUT2D eigenvalue weighted by molar-refractivity contribution is -0.159. The van der Waals surface area contributed by atoms with Crippen molar-refractivity contribution in [3.8, 4) is 0 Å². The van der Waals surface area contributed by atoms with E-state index in [2.05, 4.69) is 26.5 Å². The number of nitrogens with zero attached hydrogens (tertiary/aromatic N) is 3. The molecule has 1 saturated heterocycles. The van der Waals surface area contributed by atoms with Gasteiger partial charge in [0.1, 0.15) is 0 Å². The summed E-state index contributed by atoms with van der Waals surface area (Å²) in [6.07, 6.45) is -1.68. The summed E-state index contributed by atoms with van der Waals surface area (Å²) in [5.74, 6) is -1.37. The first kappa shape index (κ1) is 15.2. The Morgan fingerprint density at radius 3 is 2.70 bits per heavy atom. The van der Waals surface area contributed by atoms with E-state index in [1.54, 1.807) is 0 Å². The molecule has 2 rings (SSSR count). The fourth-order valence-corrected chi connectivity index (χ4v) is 2.52. The summed E-state index contributed by atoms with van der Waals surface area (Å²) in [5, 5.41) is 3.44. The SMILES string of the molecule is CCCN1CCCC(N)(c2noc(C(F)(F)F)n2)CC1. The molecule has 0 aliphatic carbocycles. The average molecular weight is 292 g/mol. The van der Waals surface area contributed by atoms with Gasteiger partial charge in [0, 0.05) is 6.54 Å². The van der Waals surface area contributed by atoms with Crippen LogP contribution in [-0.4, -0.2) is 34.7 Å². The number of hydrogen-bond donors (Lipinski definition) is 1. The lowest BCUT2D eigenvalue weighted by Crippen LogP contribution is -2.39. The van der Waals surface area contributed by atoms with E-state index in [0.717, 1.165) is 32.5 Å². The molecule has 1 aromatic rings. The van der Waals surface area contributed by atoms with Crippen LogP contribution in [0.2, 0.25) is 0 Å². The largest absolute Gasteiger partial charge is 0.471 e. The zero-order chi connectivity index (χ0) is 14.8. The lowest BCUT2D eigenvalue weighted by Gasteiger charge is -2.24. The van der Waals surface area contributed by atoms with Crippen molar-refractivity contribution in [2.45, 2.75) is 44.3 Å². The van der Waals surface area contributed by atoms with Gasteiger partial charge in [-0.25, -0.2) is 0 Å². The fourth-order valence-electron chi connectivity index (χ4n) is 2.52. The molecule has 0 bridgehead atoms. The molecular weight excluding hydrogens is 273 g/mol. The van der Waals surface area contributed by atoms with Crippen LogP contribution in [0, 0.1) is 0 Å². The maximum absolute atomic E-state index is 12.5. The van der Waals surface area contributed by atoms with Gasteiger partial charge in [-0.1, -0.05) is 12.1 Å². The van der Waals surface area contributed by atoms with Crippen LogP contribution in [0.15, 0.2) is 4.52 Å². The first-order valence-electron chi connectivity index (χ1n) is 6.78. The first-order chi connectivity index (χ1) is 9.35. The number of halogens is 3. The summed E-state index contributed by atoms with van der Waals surface area (Å²) in [6.45, 7) is 4.70. The first-order valence-corrected chi connectivity index (χ1v) is 6.78. The van der Waals surface area contributed by atoms with Gasteiger partial charge >= 0.3 is 12.1 Å². The van der Waals surface area contributed by atoms with E-state index in [1.807, 2.05) is 0 Å². The highest BCUT2D eigenvalue weighted by Crippen LogP contribution is 2.32. The number of alkyl halides is 3. The Hall–Kier alpha value is -1.15. The Bertz CT molecular complexity index is 448. The van der Waals surface area contributed by atoms with E-state index < -0.39 is 17.6 Å². The predicted octanol–water partition coefficient (Wildman–Crippen LogP) is 2.14. The molecular formula is C12H19F3N4O. The molecule has 0 saturated carbocycles. The van der Waals surface area contributed by atoms with Crippen molar-refractivity contribution in [3.63, 3.8) is 0 Å². The minimum Gasteiger partial charge on any atom is -0.329 e. The Labute approximate surface area is 115 Å². The molecule has 8 heteroatoms. The van der Waals surface area contributed by atoms with E-state index in [0.29, 0.717) is 12.8 Å². The van der Waals surface area contributed by atoms with Crippen LogP contribution in [0.3, 0.4) is 0 Å². The summed E-state index contributed by atoms with van der Waals surface area (Å²) in [6, 6.07) is 0. The number of likely N-dealkylation sites (tertiary alicyclic amines) is 1. The van der Waals surface area contributed by atoms with Gasteiger partial charge < -0.3 is 15.2 Å². The molecule has 0 spiro atoms. The van der Waals surface area contributed by atoms with E-state index in [1.165, 1.54) is 0 Å². The van der Waals surface area contributed by atoms with E-state index in [-0.39, 0.29) is 5.82 Å². The van der Waals surface area contributed by atoms with Gasteiger partial charge in [0.2, 0.25) is 0 Å². The third-order valence-electron chi connectivity index (χ3n) is 3.63. The van der Waals surface area contributed by atoms with E-state index in [4.69, 9.17) is 5.73 Å². The lowest BCUT2D eigenvalue weighted by atomic mass is 9.91. The highest BCUT2D eigenvalue weighted by molar-refractivity contribution is 5.06. The highest BCUT2D eigenvalue weighted by Gasteiger charge is 2.42. The van der Waals surface area contributed by atoms with Gasteiger partial charge in [-0.3, -0.25) is 0 Å².